The van der Waals surface area contributed by atoms with Crippen molar-refractivity contribution in [1.82, 2.24) is 15.0 Å². The lowest BCUT2D eigenvalue weighted by atomic mass is 10.2. The summed E-state index contributed by atoms with van der Waals surface area (Å²) in [5, 5.41) is 9.76. The van der Waals surface area contributed by atoms with Gasteiger partial charge < -0.3 is 10.1 Å². The molecule has 0 fully saturated rings. The zero-order valence-electron chi connectivity index (χ0n) is 8.14. The number of aromatic amines is 1. The second kappa shape index (κ2) is 3.03. The smallest absolute Gasteiger partial charge is 0.353 e. The van der Waals surface area contributed by atoms with Gasteiger partial charge in [0, 0.05) is 11.6 Å². The number of carboxylic acid groups (broad SMARTS) is 1. The van der Waals surface area contributed by atoms with Gasteiger partial charge in [0.25, 0.3) is 0 Å². The van der Waals surface area contributed by atoms with Crippen LogP contribution < -0.4 is 0 Å². The summed E-state index contributed by atoms with van der Waals surface area (Å²) in [6, 6.07) is 5.51. The van der Waals surface area contributed by atoms with E-state index in [2.05, 4.69) is 15.0 Å². The van der Waals surface area contributed by atoms with Crippen molar-refractivity contribution in [2.75, 3.05) is 0 Å². The van der Waals surface area contributed by atoms with Crippen LogP contribution in [0.15, 0.2) is 30.6 Å². The minimum absolute atomic E-state index is 0.0706. The van der Waals surface area contributed by atoms with E-state index in [9.17, 15) is 4.79 Å². The lowest BCUT2D eigenvalue weighted by Gasteiger charge is -2.01. The second-order valence-corrected chi connectivity index (χ2v) is 3.44. The molecule has 0 saturated carbocycles. The van der Waals surface area contributed by atoms with Gasteiger partial charge in [-0.25, -0.2) is 4.79 Å². The molecule has 16 heavy (non-hydrogen) atoms. The van der Waals surface area contributed by atoms with Crippen LogP contribution in [0, 0.1) is 0 Å². The van der Waals surface area contributed by atoms with Crippen molar-refractivity contribution in [2.24, 2.45) is 0 Å². The Morgan fingerprint density at radius 3 is 2.81 bits per heavy atom. The van der Waals surface area contributed by atoms with Crippen LogP contribution in [0.3, 0.4) is 0 Å². The summed E-state index contributed by atoms with van der Waals surface area (Å²) in [5.74, 6) is -1.02. The van der Waals surface area contributed by atoms with Crippen LogP contribution in [-0.4, -0.2) is 26.0 Å². The minimum atomic E-state index is -1.02. The number of aromatic carboxylic acids is 1. The average Bonchev–Trinajstić information content (AvgIpc) is 2.76. The van der Waals surface area contributed by atoms with E-state index in [0.717, 1.165) is 16.4 Å². The van der Waals surface area contributed by atoms with Gasteiger partial charge >= 0.3 is 5.97 Å². The first-order valence-electron chi connectivity index (χ1n) is 4.71. The lowest BCUT2D eigenvalue weighted by molar-refractivity contribution is 0.0690. The van der Waals surface area contributed by atoms with E-state index in [1.807, 2.05) is 18.2 Å². The molecule has 3 aromatic rings. The molecule has 0 aliphatic heterocycles. The molecule has 1 aromatic carbocycles. The minimum Gasteiger partial charge on any atom is -0.477 e. The molecule has 0 amide bonds. The van der Waals surface area contributed by atoms with Gasteiger partial charge in [-0.2, -0.15) is 0 Å². The van der Waals surface area contributed by atoms with Crippen LogP contribution in [0.25, 0.3) is 21.9 Å². The fourth-order valence-corrected chi connectivity index (χ4v) is 1.72. The number of nitrogens with one attached hydrogen (secondary N) is 1. The maximum Gasteiger partial charge on any atom is 0.353 e. The van der Waals surface area contributed by atoms with Gasteiger partial charge in [-0.3, -0.25) is 9.97 Å². The van der Waals surface area contributed by atoms with Crippen LogP contribution >= 0.6 is 0 Å². The summed E-state index contributed by atoms with van der Waals surface area (Å²) in [7, 11) is 0. The van der Waals surface area contributed by atoms with E-state index < -0.39 is 5.97 Å². The average molecular weight is 213 g/mol. The summed E-state index contributed by atoms with van der Waals surface area (Å²) in [4.78, 5) is 21.9. The molecule has 2 N–H and O–H groups in total. The molecule has 3 rings (SSSR count). The molecule has 5 nitrogen and oxygen atoms in total. The first-order valence-corrected chi connectivity index (χ1v) is 4.71. The molecular weight excluding hydrogens is 206 g/mol. The van der Waals surface area contributed by atoms with Crippen LogP contribution in [0.5, 0.6) is 0 Å². The third-order valence-electron chi connectivity index (χ3n) is 2.48. The van der Waals surface area contributed by atoms with Crippen LogP contribution in [0.4, 0.5) is 0 Å². The molecule has 78 valence electrons. The molecule has 0 unspecified atom stereocenters. The number of carbonyl (C=O) groups is 1. The Labute approximate surface area is 89.8 Å². The highest BCUT2D eigenvalue weighted by Crippen LogP contribution is 2.21. The standard InChI is InChI=1S/C11H7N3O2/c15-11(16)9-5-13-8-2-1-7-6(3-4-12-7)10(8)14-9/h1-5,14H,(H,15,16). The molecular formula is C11H7N3O2. The highest BCUT2D eigenvalue weighted by molar-refractivity contribution is 6.03. The third-order valence-corrected chi connectivity index (χ3v) is 2.48. The SMILES string of the molecule is O=C(O)c1cnc2ccc3nccc3c2[nH]1. The highest BCUT2D eigenvalue weighted by atomic mass is 16.4. The van der Waals surface area contributed by atoms with E-state index >= 15 is 0 Å². The van der Waals surface area contributed by atoms with Gasteiger partial charge in [-0.15, -0.1) is 0 Å². The number of rotatable bonds is 1. The van der Waals surface area contributed by atoms with Gasteiger partial charge in [0.2, 0.25) is 0 Å². The van der Waals surface area contributed by atoms with Crippen molar-refractivity contribution < 1.29 is 9.90 Å². The van der Waals surface area contributed by atoms with Gasteiger partial charge in [-0.1, -0.05) is 0 Å². The van der Waals surface area contributed by atoms with E-state index in [1.54, 1.807) is 6.20 Å². The Kier molecular flexibility index (Phi) is 1.67. The predicted molar refractivity (Wildman–Crippen MR) is 58.4 cm³/mol. The number of benzene rings is 1. The highest BCUT2D eigenvalue weighted by Gasteiger charge is 2.07. The van der Waals surface area contributed by atoms with Crippen molar-refractivity contribution in [3.63, 3.8) is 0 Å². The summed E-state index contributed by atoms with van der Waals surface area (Å²) in [5.41, 5.74) is 2.33. The Balaban J connectivity index is 2.46. The van der Waals surface area contributed by atoms with E-state index in [1.165, 1.54) is 6.20 Å². The number of fused-ring (bicyclic) bond motifs is 3. The summed E-state index contributed by atoms with van der Waals surface area (Å²) < 4.78 is 0. The molecule has 0 aliphatic carbocycles. The van der Waals surface area contributed by atoms with Crippen LogP contribution in [0.1, 0.15) is 10.5 Å². The first kappa shape index (κ1) is 8.84. The lowest BCUT2D eigenvalue weighted by Crippen LogP contribution is -2.01. The number of hydrogen-bond donors (Lipinski definition) is 2. The Bertz CT molecular complexity index is 703. The van der Waals surface area contributed by atoms with Crippen LogP contribution in [-0.2, 0) is 0 Å². The van der Waals surface area contributed by atoms with E-state index in [4.69, 9.17) is 5.11 Å². The summed E-state index contributed by atoms with van der Waals surface area (Å²) >= 11 is 0. The van der Waals surface area contributed by atoms with Gasteiger partial charge in [0.1, 0.15) is 5.69 Å². The predicted octanol–water partition coefficient (Wildman–Crippen LogP) is 1.81. The topological polar surface area (TPSA) is 78.9 Å². The van der Waals surface area contributed by atoms with Crippen LogP contribution in [0.2, 0.25) is 0 Å². The van der Waals surface area contributed by atoms with Crippen molar-refractivity contribution >= 4 is 27.9 Å². The maximum absolute atomic E-state index is 10.8. The van der Waals surface area contributed by atoms with E-state index in [-0.39, 0.29) is 5.69 Å². The molecule has 2 aromatic heterocycles. The summed E-state index contributed by atoms with van der Waals surface area (Å²) in [6.07, 6.45) is 3.00. The first-order chi connectivity index (χ1) is 7.75. The quantitative estimate of drug-likeness (QED) is 0.646. The largest absolute Gasteiger partial charge is 0.477 e. The van der Waals surface area contributed by atoms with E-state index in [0.29, 0.717) is 5.52 Å². The van der Waals surface area contributed by atoms with Crippen molar-refractivity contribution in [3.05, 3.63) is 36.3 Å². The summed E-state index contributed by atoms with van der Waals surface area (Å²) in [6.45, 7) is 0. The van der Waals surface area contributed by atoms with Crippen molar-refractivity contribution in [1.29, 1.82) is 0 Å². The number of hydrogen-bond acceptors (Lipinski definition) is 3. The monoisotopic (exact) mass is 213 g/mol. The molecule has 0 spiro atoms. The zero-order valence-corrected chi connectivity index (χ0v) is 8.14. The maximum atomic E-state index is 10.8. The van der Waals surface area contributed by atoms with Crippen molar-refractivity contribution in [3.8, 4) is 0 Å². The van der Waals surface area contributed by atoms with Gasteiger partial charge in [0.15, 0.2) is 0 Å². The van der Waals surface area contributed by atoms with Crippen molar-refractivity contribution in [2.45, 2.75) is 0 Å². The fourth-order valence-electron chi connectivity index (χ4n) is 1.72. The molecule has 0 bridgehead atoms. The molecule has 0 atom stereocenters. The molecule has 0 radical (unpaired) electrons. The number of nitrogens with zero attached hydrogens (tertiary/aromatic N) is 2. The molecule has 0 aliphatic rings. The molecule has 0 saturated heterocycles. The normalized spacial score (nSPS) is 11.0. The third kappa shape index (κ3) is 1.15. The van der Waals surface area contributed by atoms with Gasteiger partial charge in [0.05, 0.1) is 22.7 Å². The number of carboxylic acids is 1. The molecule has 2 heterocycles. The Hall–Kier alpha value is -2.43. The number of aromatic nitrogens is 3. The van der Waals surface area contributed by atoms with Gasteiger partial charge in [-0.05, 0) is 18.2 Å². The Morgan fingerprint density at radius 2 is 2.00 bits per heavy atom. The Morgan fingerprint density at radius 1 is 1.19 bits per heavy atom. The zero-order chi connectivity index (χ0) is 11.1. The second-order valence-electron chi connectivity index (χ2n) is 3.44. The molecule has 5 heteroatoms. The number of H-pyrrole nitrogens is 1. The fraction of sp³-hybridized carbons (Fsp3) is 0.